The number of hydrogen-bond donors (Lipinski definition) is 2. The summed E-state index contributed by atoms with van der Waals surface area (Å²) in [6, 6.07) is 0. The number of hydrogen-bond acceptors (Lipinski definition) is 2. The Bertz CT molecular complexity index is 212. The molecule has 0 bridgehead atoms. The Labute approximate surface area is 98.6 Å². The molecule has 0 radical (unpaired) electrons. The molecule has 0 aromatic rings. The van der Waals surface area contributed by atoms with E-state index in [4.69, 9.17) is 10.5 Å². The van der Waals surface area contributed by atoms with Crippen LogP contribution in [0.1, 0.15) is 33.1 Å². The van der Waals surface area contributed by atoms with Gasteiger partial charge in [-0.15, -0.1) is 0 Å². The minimum atomic E-state index is 0.538. The lowest BCUT2D eigenvalue weighted by Gasteiger charge is -2.07. The van der Waals surface area contributed by atoms with Crippen LogP contribution in [0.15, 0.2) is 4.99 Å². The Morgan fingerprint density at radius 3 is 2.88 bits per heavy atom. The molecule has 1 saturated carbocycles. The average Bonchev–Trinajstić information content (AvgIpc) is 3.00. The Hall–Kier alpha value is -0.770. The summed E-state index contributed by atoms with van der Waals surface area (Å²) >= 11 is 0. The Kier molecular flexibility index (Phi) is 6.23. The second-order valence-electron chi connectivity index (χ2n) is 4.89. The quantitative estimate of drug-likeness (QED) is 0.374. The topological polar surface area (TPSA) is 59.6 Å². The van der Waals surface area contributed by atoms with Gasteiger partial charge >= 0.3 is 0 Å². The van der Waals surface area contributed by atoms with Crippen LogP contribution in [0.4, 0.5) is 0 Å². The van der Waals surface area contributed by atoms with Crippen molar-refractivity contribution < 1.29 is 4.74 Å². The van der Waals surface area contributed by atoms with Gasteiger partial charge in [-0.05, 0) is 31.1 Å². The Balaban J connectivity index is 1.89. The number of nitrogens with zero attached hydrogens (tertiary/aromatic N) is 1. The average molecular weight is 227 g/mol. The predicted octanol–water partition coefficient (Wildman–Crippen LogP) is 1.36. The zero-order chi connectivity index (χ0) is 11.8. The number of ether oxygens (including phenoxy) is 1. The largest absolute Gasteiger partial charge is 0.379 e. The van der Waals surface area contributed by atoms with Crippen molar-refractivity contribution in [3.05, 3.63) is 0 Å². The van der Waals surface area contributed by atoms with Crippen molar-refractivity contribution in [1.29, 1.82) is 0 Å². The van der Waals surface area contributed by atoms with Gasteiger partial charge in [-0.2, -0.15) is 0 Å². The lowest BCUT2D eigenvalue weighted by Crippen LogP contribution is -2.34. The molecule has 3 N–H and O–H groups in total. The molecule has 1 rings (SSSR count). The molecule has 94 valence electrons. The molecule has 16 heavy (non-hydrogen) atoms. The molecule has 1 aliphatic rings. The third-order valence-corrected chi connectivity index (χ3v) is 2.59. The summed E-state index contributed by atoms with van der Waals surface area (Å²) in [6.45, 7) is 7.56. The third-order valence-electron chi connectivity index (χ3n) is 2.59. The molecule has 4 heteroatoms. The molecule has 0 aromatic carbocycles. The van der Waals surface area contributed by atoms with Crippen LogP contribution in [0, 0.1) is 11.8 Å². The maximum atomic E-state index is 5.70. The van der Waals surface area contributed by atoms with Gasteiger partial charge in [-0.1, -0.05) is 13.8 Å². The Morgan fingerprint density at radius 2 is 2.25 bits per heavy atom. The van der Waals surface area contributed by atoms with E-state index in [0.29, 0.717) is 11.9 Å². The molecular formula is C12H25N3O. The Morgan fingerprint density at radius 1 is 1.50 bits per heavy atom. The van der Waals surface area contributed by atoms with Crippen LogP contribution in [-0.4, -0.2) is 32.3 Å². The summed E-state index contributed by atoms with van der Waals surface area (Å²) < 4.78 is 5.48. The number of aliphatic imine (C=N–C) groups is 1. The van der Waals surface area contributed by atoms with E-state index in [9.17, 15) is 0 Å². The monoisotopic (exact) mass is 227 g/mol. The molecule has 1 aliphatic carbocycles. The van der Waals surface area contributed by atoms with Crippen molar-refractivity contribution in [3.8, 4) is 0 Å². The predicted molar refractivity (Wildman–Crippen MR) is 67.5 cm³/mol. The van der Waals surface area contributed by atoms with Gasteiger partial charge in [0, 0.05) is 19.7 Å². The van der Waals surface area contributed by atoms with E-state index in [-0.39, 0.29) is 0 Å². The first-order chi connectivity index (χ1) is 7.68. The van der Waals surface area contributed by atoms with Gasteiger partial charge in [0.15, 0.2) is 5.96 Å². The molecule has 0 saturated heterocycles. The minimum absolute atomic E-state index is 0.538. The fourth-order valence-electron chi connectivity index (χ4n) is 1.28. The molecule has 1 fully saturated rings. The first-order valence-corrected chi connectivity index (χ1v) is 6.30. The number of nitrogens with two attached hydrogens (primary N) is 1. The maximum absolute atomic E-state index is 5.70. The lowest BCUT2D eigenvalue weighted by molar-refractivity contribution is 0.129. The van der Waals surface area contributed by atoms with E-state index in [1.165, 1.54) is 12.8 Å². The fourth-order valence-corrected chi connectivity index (χ4v) is 1.28. The zero-order valence-electron chi connectivity index (χ0n) is 10.5. The van der Waals surface area contributed by atoms with Crippen LogP contribution in [0.5, 0.6) is 0 Å². The lowest BCUT2D eigenvalue weighted by atomic mass is 10.1. The minimum Gasteiger partial charge on any atom is -0.379 e. The standard InChI is InChI=1S/C12H25N3O/c1-10(2)5-6-14-12(13)15-7-8-16-9-11-3-4-11/h10-11H,3-9H2,1-2H3,(H3,13,14,15). The normalized spacial score (nSPS) is 16.8. The first-order valence-electron chi connectivity index (χ1n) is 6.30. The molecule has 0 aliphatic heterocycles. The zero-order valence-corrected chi connectivity index (χ0v) is 10.5. The van der Waals surface area contributed by atoms with Crippen LogP contribution < -0.4 is 11.1 Å². The molecule has 0 atom stereocenters. The molecule has 0 unspecified atom stereocenters. The maximum Gasteiger partial charge on any atom is 0.188 e. The second-order valence-corrected chi connectivity index (χ2v) is 4.89. The summed E-state index contributed by atoms with van der Waals surface area (Å²) in [7, 11) is 0. The van der Waals surface area contributed by atoms with Gasteiger partial charge in [0.25, 0.3) is 0 Å². The molecule has 0 amide bonds. The van der Waals surface area contributed by atoms with Crippen LogP contribution in [0.2, 0.25) is 0 Å². The highest BCUT2D eigenvalue weighted by Gasteiger charge is 2.20. The number of guanidine groups is 1. The highest BCUT2D eigenvalue weighted by molar-refractivity contribution is 5.77. The van der Waals surface area contributed by atoms with Gasteiger partial charge in [0.05, 0.1) is 6.61 Å². The van der Waals surface area contributed by atoms with Crippen molar-refractivity contribution in [2.24, 2.45) is 22.6 Å². The van der Waals surface area contributed by atoms with Crippen molar-refractivity contribution in [2.45, 2.75) is 33.1 Å². The van der Waals surface area contributed by atoms with E-state index in [1.54, 1.807) is 0 Å². The van der Waals surface area contributed by atoms with Crippen molar-refractivity contribution >= 4 is 5.96 Å². The fraction of sp³-hybridized carbons (Fsp3) is 0.917. The third kappa shape index (κ3) is 7.51. The first kappa shape index (κ1) is 13.3. The van der Waals surface area contributed by atoms with Crippen molar-refractivity contribution in [1.82, 2.24) is 5.32 Å². The van der Waals surface area contributed by atoms with E-state index in [0.717, 1.165) is 38.6 Å². The summed E-state index contributed by atoms with van der Waals surface area (Å²) in [5, 5.41) is 3.05. The van der Waals surface area contributed by atoms with E-state index in [1.807, 2.05) is 0 Å². The molecule has 4 nitrogen and oxygen atoms in total. The van der Waals surface area contributed by atoms with Crippen molar-refractivity contribution in [2.75, 3.05) is 26.3 Å². The van der Waals surface area contributed by atoms with Gasteiger partial charge in [-0.3, -0.25) is 4.99 Å². The van der Waals surface area contributed by atoms with Crippen LogP contribution in [0.25, 0.3) is 0 Å². The van der Waals surface area contributed by atoms with Gasteiger partial charge in [0.2, 0.25) is 0 Å². The second kappa shape index (κ2) is 7.49. The van der Waals surface area contributed by atoms with Gasteiger partial charge in [0.1, 0.15) is 0 Å². The highest BCUT2D eigenvalue weighted by atomic mass is 16.5. The summed E-state index contributed by atoms with van der Waals surface area (Å²) in [6.07, 6.45) is 3.76. The molecule has 0 heterocycles. The van der Waals surface area contributed by atoms with Crippen LogP contribution >= 0.6 is 0 Å². The van der Waals surface area contributed by atoms with Gasteiger partial charge < -0.3 is 15.8 Å². The number of nitrogens with one attached hydrogen (secondary N) is 1. The molecule has 0 aromatic heterocycles. The van der Waals surface area contributed by atoms with E-state index < -0.39 is 0 Å². The molecular weight excluding hydrogens is 202 g/mol. The smallest absolute Gasteiger partial charge is 0.188 e. The summed E-state index contributed by atoms with van der Waals surface area (Å²) in [4.78, 5) is 4.24. The van der Waals surface area contributed by atoms with Crippen LogP contribution in [0.3, 0.4) is 0 Å². The van der Waals surface area contributed by atoms with E-state index >= 15 is 0 Å². The summed E-state index contributed by atoms with van der Waals surface area (Å²) in [5.74, 6) is 2.05. The number of rotatable bonds is 8. The van der Waals surface area contributed by atoms with Crippen LogP contribution in [-0.2, 0) is 4.74 Å². The highest BCUT2D eigenvalue weighted by Crippen LogP contribution is 2.28. The molecule has 0 spiro atoms. The van der Waals surface area contributed by atoms with Crippen molar-refractivity contribution in [3.63, 3.8) is 0 Å². The SMILES string of the molecule is CC(C)CCN=C(N)NCCOCC1CC1. The van der Waals surface area contributed by atoms with E-state index in [2.05, 4.69) is 24.2 Å². The van der Waals surface area contributed by atoms with Gasteiger partial charge in [-0.25, -0.2) is 0 Å². The summed E-state index contributed by atoms with van der Waals surface area (Å²) in [5.41, 5.74) is 5.70.